The maximum Gasteiger partial charge on any atom is 0.187 e. The SMILES string of the molecule is CCC(=O)[C@@H]1C[C@@H](C)[C@]2(CC[C@@]3(C)C4=C(CC[C@@]32C)[C@@]2(C)CC[C@H](O[C@@H]3O[C@H](CO[C@@H]5OC[C@H](O)[C@@H](O)[C@H]5O[C@@H]5O[C@H](CO)[C@@H](O)[C@@H](O[C@@H]6O[C@H](CO)[C@@H](O)[C@H](O[C@@H]7O[C@H](CO)[C@@H](O)[C@H](O)[C@H]7O)[C@H]6O)[C@H]5O[C@@H]5O[C@@H](C)[C@H](O)[C@@H](O)[C@H]5O)[C@@H](O)[C@H](O)[C@H]3O)[C@](C)(CO)[C@@H]2CC4=O)O1. The van der Waals surface area contributed by atoms with Gasteiger partial charge in [0.2, 0.25) is 0 Å². The van der Waals surface area contributed by atoms with Crippen LogP contribution < -0.4 is 0 Å². The Balaban J connectivity index is 0.819. The van der Waals surface area contributed by atoms with Gasteiger partial charge in [-0.2, -0.15) is 0 Å². The number of aliphatic hydroxyl groups is 18. The summed E-state index contributed by atoms with van der Waals surface area (Å²) >= 11 is 0. The van der Waals surface area contributed by atoms with Gasteiger partial charge in [-0.15, -0.1) is 0 Å². The van der Waals surface area contributed by atoms with E-state index in [0.717, 1.165) is 11.1 Å². The van der Waals surface area contributed by atoms with Crippen LogP contribution >= 0.6 is 0 Å². The smallest absolute Gasteiger partial charge is 0.187 e. The number of aliphatic hydroxyl groups excluding tert-OH is 18. The van der Waals surface area contributed by atoms with E-state index in [9.17, 15) is 96.7 Å². The van der Waals surface area contributed by atoms with Crippen molar-refractivity contribution in [1.82, 2.24) is 0 Å². The molecule has 1 spiro atoms. The first kappa shape index (κ1) is 76.0. The Morgan fingerprint density at radius 2 is 1.06 bits per heavy atom. The minimum Gasteiger partial charge on any atom is -0.396 e. The minimum atomic E-state index is -2.25. The average molecular weight is 1400 g/mol. The number of carbonyl (C=O) groups excluding carboxylic acids is 2. The molecule has 11 rings (SSSR count). The van der Waals surface area contributed by atoms with Gasteiger partial charge in [0, 0.05) is 34.7 Å². The molecule has 18 N–H and O–H groups in total. The summed E-state index contributed by atoms with van der Waals surface area (Å²) in [5, 5.41) is 199. The van der Waals surface area contributed by atoms with Gasteiger partial charge >= 0.3 is 0 Å². The third-order valence-corrected chi connectivity index (χ3v) is 24.5. The van der Waals surface area contributed by atoms with E-state index in [4.69, 9.17) is 61.6 Å². The summed E-state index contributed by atoms with van der Waals surface area (Å²) in [4.78, 5) is 28.2. The fourth-order valence-electron chi connectivity index (χ4n) is 18.3. The second kappa shape index (κ2) is 29.1. The predicted molar refractivity (Wildman–Crippen MR) is 318 cm³/mol. The zero-order valence-electron chi connectivity index (χ0n) is 55.3. The molecule has 7 heterocycles. The van der Waals surface area contributed by atoms with Crippen LogP contribution in [0.2, 0.25) is 0 Å². The van der Waals surface area contributed by atoms with Gasteiger partial charge in [0.15, 0.2) is 49.3 Å². The monoisotopic (exact) mass is 1400 g/mol. The molecule has 2 saturated carbocycles. The van der Waals surface area contributed by atoms with Crippen LogP contribution in [0.3, 0.4) is 0 Å². The number of fused-ring (bicyclic) bond motifs is 5. The molecule has 0 amide bonds. The van der Waals surface area contributed by atoms with E-state index in [1.54, 1.807) is 0 Å². The quantitative estimate of drug-likeness (QED) is 0.0572. The van der Waals surface area contributed by atoms with E-state index in [1.807, 2.05) is 13.8 Å². The van der Waals surface area contributed by atoms with Crippen molar-refractivity contribution in [2.45, 2.75) is 302 Å². The number of ether oxygens (including phenoxy) is 13. The first-order valence-electron chi connectivity index (χ1n) is 34.0. The molecule has 33 nitrogen and oxygen atoms in total. The standard InChI is InChI=1S/C64H102O33/c1-8-26(69)29-15-23(2)64(97-29)14-13-62(6)36-25(9-12-63(62,64)7)60(4)11-10-35(61(5,22-68)34(60)16-27(36)70)92-55-47(82)45(80)40(75)33(91-55)21-86-58-52(38(73)28(71)20-85-58)95-59-53(96-54-46(81)43(78)37(72)24(3)87-54)51(42(77)32(19-67)90-59)94-57-49(84)50(41(76)31(18-66)89-57)93-56-48(83)44(79)39(74)30(17-65)88-56/h23-24,28-35,37-59,65-68,71-84H,8-22H2,1-7H3/t23-,24+,28+,29+,30-,31-,32-,33-,34-,35+,37+,38-,39-,40-,41-,42-,43-,44+,45+,46-,47-,48-,49-,50+,51-,52-,53-,54+,55+,56+,57+,58+,59+,60-,61-,62+,63+,64+/m1/s1. The van der Waals surface area contributed by atoms with Gasteiger partial charge in [-0.1, -0.05) is 47.1 Å². The fourth-order valence-corrected chi connectivity index (χ4v) is 18.3. The van der Waals surface area contributed by atoms with Crippen molar-refractivity contribution in [3.05, 3.63) is 11.1 Å². The van der Waals surface area contributed by atoms with Gasteiger partial charge < -0.3 is 153 Å². The normalized spacial score (nSPS) is 54.2. The zero-order chi connectivity index (χ0) is 70.7. The summed E-state index contributed by atoms with van der Waals surface area (Å²) in [6, 6.07) is 0. The molecule has 0 aromatic rings. The number of hydrogen-bond donors (Lipinski definition) is 18. The number of hydrogen-bond acceptors (Lipinski definition) is 33. The Hall–Kier alpha value is -2.16. The molecule has 4 aliphatic carbocycles. The van der Waals surface area contributed by atoms with E-state index in [2.05, 4.69) is 27.7 Å². The van der Waals surface area contributed by atoms with Crippen LogP contribution in [-0.4, -0.2) is 339 Å². The maximum absolute atomic E-state index is 15.1. The highest BCUT2D eigenvalue weighted by molar-refractivity contribution is 5.99. The molecule has 97 heavy (non-hydrogen) atoms. The lowest BCUT2D eigenvalue weighted by Crippen LogP contribution is -2.69. The van der Waals surface area contributed by atoms with Crippen molar-refractivity contribution in [3.8, 4) is 0 Å². The van der Waals surface area contributed by atoms with Crippen LogP contribution in [-0.2, 0) is 71.2 Å². The maximum atomic E-state index is 15.1. The third kappa shape index (κ3) is 12.8. The first-order valence-corrected chi connectivity index (χ1v) is 34.0. The summed E-state index contributed by atoms with van der Waals surface area (Å²) in [5.74, 6) is -0.373. The van der Waals surface area contributed by atoms with Crippen LogP contribution in [0.1, 0.15) is 106 Å². The highest BCUT2D eigenvalue weighted by Gasteiger charge is 2.73. The Labute approximate surface area is 559 Å². The minimum absolute atomic E-state index is 0.0415. The van der Waals surface area contributed by atoms with Gasteiger partial charge in [-0.25, -0.2) is 0 Å². The van der Waals surface area contributed by atoms with Gasteiger partial charge in [-0.05, 0) is 69.1 Å². The Morgan fingerprint density at radius 1 is 0.536 bits per heavy atom. The number of carbonyl (C=O) groups is 2. The molecule has 556 valence electrons. The van der Waals surface area contributed by atoms with E-state index in [0.29, 0.717) is 44.9 Å². The second-order valence-electron chi connectivity index (χ2n) is 29.7. The van der Waals surface area contributed by atoms with Crippen molar-refractivity contribution in [2.24, 2.45) is 33.5 Å². The molecule has 0 bridgehead atoms. The number of ketones is 2. The molecule has 11 aliphatic rings. The van der Waals surface area contributed by atoms with Crippen molar-refractivity contribution < 1.29 is 163 Å². The topological polar surface area (TPSA) is 518 Å². The molecule has 33 heteroatoms. The van der Waals surface area contributed by atoms with Crippen molar-refractivity contribution in [3.63, 3.8) is 0 Å². The fraction of sp³-hybridized carbons (Fsp3) is 0.938. The average Bonchev–Trinajstić information content (AvgIpc) is 1.57. The molecule has 0 unspecified atom stereocenters. The molecular formula is C64H102O33. The summed E-state index contributed by atoms with van der Waals surface area (Å²) < 4.78 is 79.0. The number of rotatable bonds is 19. The largest absolute Gasteiger partial charge is 0.396 e. The molecule has 9 fully saturated rings. The highest BCUT2D eigenvalue weighted by Crippen LogP contribution is 2.75. The molecule has 7 saturated heterocycles. The van der Waals surface area contributed by atoms with E-state index in [1.165, 1.54) is 6.92 Å². The van der Waals surface area contributed by atoms with E-state index in [-0.39, 0.29) is 30.3 Å². The van der Waals surface area contributed by atoms with Crippen LogP contribution in [0.4, 0.5) is 0 Å². The Kier molecular flexibility index (Phi) is 22.8. The second-order valence-corrected chi connectivity index (χ2v) is 29.7. The molecule has 7 aliphatic heterocycles. The van der Waals surface area contributed by atoms with Gasteiger partial charge in [0.05, 0.1) is 57.5 Å². The van der Waals surface area contributed by atoms with Crippen LogP contribution in [0, 0.1) is 33.5 Å². The van der Waals surface area contributed by atoms with Crippen LogP contribution in [0.25, 0.3) is 0 Å². The summed E-state index contributed by atoms with van der Waals surface area (Å²) in [6.45, 7) is 8.77. The molecular weight excluding hydrogens is 1300 g/mol. The predicted octanol–water partition coefficient (Wildman–Crippen LogP) is -6.61. The third-order valence-electron chi connectivity index (χ3n) is 24.5. The van der Waals surface area contributed by atoms with Gasteiger partial charge in [0.25, 0.3) is 0 Å². The number of allylic oxidation sites excluding steroid dienone is 2. The van der Waals surface area contributed by atoms with Crippen molar-refractivity contribution >= 4 is 11.6 Å². The summed E-state index contributed by atoms with van der Waals surface area (Å²) in [7, 11) is 0. The van der Waals surface area contributed by atoms with Crippen molar-refractivity contribution in [2.75, 3.05) is 39.6 Å². The Morgan fingerprint density at radius 3 is 1.68 bits per heavy atom. The van der Waals surface area contributed by atoms with E-state index < -0.39 is 263 Å². The van der Waals surface area contributed by atoms with Crippen LogP contribution in [0.5, 0.6) is 0 Å². The number of Topliss-reactive ketones (excluding diaryl/α,β-unsaturated/α-hetero) is 2. The molecule has 0 radical (unpaired) electrons. The lowest BCUT2D eigenvalue weighted by molar-refractivity contribution is -0.410. The molecule has 0 aromatic heterocycles. The molecule has 0 aromatic carbocycles. The Bertz CT molecular complexity index is 2770. The summed E-state index contributed by atoms with van der Waals surface area (Å²) in [6.07, 6.45) is -52.4. The lowest BCUT2D eigenvalue weighted by atomic mass is 9.42. The first-order chi connectivity index (χ1) is 45.7. The highest BCUT2D eigenvalue weighted by atomic mass is 16.8. The van der Waals surface area contributed by atoms with Gasteiger partial charge in [0.1, 0.15) is 140 Å². The summed E-state index contributed by atoms with van der Waals surface area (Å²) in [5.41, 5.74) is -1.55. The molecule has 38 atom stereocenters. The van der Waals surface area contributed by atoms with E-state index >= 15 is 4.79 Å². The lowest BCUT2D eigenvalue weighted by Gasteiger charge is -2.63. The van der Waals surface area contributed by atoms with Crippen LogP contribution in [0.15, 0.2) is 11.1 Å². The van der Waals surface area contributed by atoms with Gasteiger partial charge in [-0.3, -0.25) is 9.59 Å². The van der Waals surface area contributed by atoms with Crippen molar-refractivity contribution in [1.29, 1.82) is 0 Å². The zero-order valence-corrected chi connectivity index (χ0v) is 55.3.